The number of aryl methyl sites for hydroxylation is 1. The Labute approximate surface area is 147 Å². The number of ether oxygens (including phenoxy) is 1. The van der Waals surface area contributed by atoms with E-state index in [0.29, 0.717) is 22.0 Å². The van der Waals surface area contributed by atoms with E-state index in [2.05, 4.69) is 0 Å². The molecule has 0 N–H and O–H groups in total. The summed E-state index contributed by atoms with van der Waals surface area (Å²) >= 11 is 0. The van der Waals surface area contributed by atoms with Crippen molar-refractivity contribution in [1.82, 2.24) is 4.57 Å². The molecule has 4 rings (SSSR count). The number of nitro benzene ring substituents is 1. The highest BCUT2D eigenvalue weighted by Gasteiger charge is 2.33. The molecule has 1 aliphatic rings. The minimum Gasteiger partial charge on any atom is -0.425 e. The molecule has 130 valence electrons. The summed E-state index contributed by atoms with van der Waals surface area (Å²) < 4.78 is 6.97. The van der Waals surface area contributed by atoms with Crippen LogP contribution in [0.1, 0.15) is 23.5 Å². The largest absolute Gasteiger partial charge is 0.425 e. The zero-order valence-corrected chi connectivity index (χ0v) is 13.8. The molecular weight excluding hydrogens is 336 g/mol. The van der Waals surface area contributed by atoms with Gasteiger partial charge in [0.05, 0.1) is 22.4 Å². The van der Waals surface area contributed by atoms with Gasteiger partial charge in [0, 0.05) is 30.5 Å². The zero-order chi connectivity index (χ0) is 18.4. The first-order valence-electron chi connectivity index (χ1n) is 8.04. The lowest BCUT2D eigenvalue weighted by atomic mass is 9.86. The fourth-order valence-corrected chi connectivity index (χ4v) is 3.44. The Bertz CT molecular complexity index is 1120. The molecule has 0 aliphatic carbocycles. The molecule has 7 nitrogen and oxygen atoms in total. The van der Waals surface area contributed by atoms with Gasteiger partial charge in [-0.1, -0.05) is 24.3 Å². The van der Waals surface area contributed by atoms with Crippen LogP contribution in [0.5, 0.6) is 5.75 Å². The fourth-order valence-electron chi connectivity index (χ4n) is 3.44. The first-order chi connectivity index (χ1) is 12.5. The van der Waals surface area contributed by atoms with E-state index in [9.17, 15) is 19.7 Å². The molecule has 0 fully saturated rings. The van der Waals surface area contributed by atoms with Gasteiger partial charge in [0.2, 0.25) is 0 Å². The highest BCUT2D eigenvalue weighted by molar-refractivity contribution is 5.91. The van der Waals surface area contributed by atoms with Crippen LogP contribution in [0.2, 0.25) is 0 Å². The van der Waals surface area contributed by atoms with Gasteiger partial charge in [0.25, 0.3) is 11.2 Å². The maximum Gasteiger partial charge on any atom is 0.312 e. The molecule has 1 atom stereocenters. The third kappa shape index (κ3) is 2.36. The van der Waals surface area contributed by atoms with E-state index in [4.69, 9.17) is 4.74 Å². The van der Waals surface area contributed by atoms with Crippen LogP contribution in [0.4, 0.5) is 5.69 Å². The number of rotatable bonds is 2. The van der Waals surface area contributed by atoms with Gasteiger partial charge in [0.15, 0.2) is 0 Å². The second kappa shape index (κ2) is 5.80. The summed E-state index contributed by atoms with van der Waals surface area (Å²) in [6, 6.07) is 13.1. The van der Waals surface area contributed by atoms with Crippen molar-refractivity contribution in [3.05, 3.63) is 80.1 Å². The number of esters is 1. The highest BCUT2D eigenvalue weighted by Crippen LogP contribution is 2.40. The number of para-hydroxylation sites is 1. The van der Waals surface area contributed by atoms with E-state index in [1.54, 1.807) is 31.3 Å². The van der Waals surface area contributed by atoms with Crippen molar-refractivity contribution in [1.29, 1.82) is 0 Å². The quantitative estimate of drug-likeness (QED) is 0.403. The summed E-state index contributed by atoms with van der Waals surface area (Å²) in [5.41, 5.74) is 1.46. The van der Waals surface area contributed by atoms with Crippen LogP contribution in [0.25, 0.3) is 10.9 Å². The van der Waals surface area contributed by atoms with Crippen LogP contribution in [0.15, 0.2) is 53.3 Å². The third-order valence-corrected chi connectivity index (χ3v) is 4.73. The van der Waals surface area contributed by atoms with Crippen molar-refractivity contribution in [2.24, 2.45) is 7.05 Å². The number of fused-ring (bicyclic) bond motifs is 3. The second-order valence-electron chi connectivity index (χ2n) is 6.20. The molecule has 0 unspecified atom stereocenters. The molecule has 1 aliphatic heterocycles. The minimum absolute atomic E-state index is 0.0123. The lowest BCUT2D eigenvalue weighted by molar-refractivity contribution is -0.384. The summed E-state index contributed by atoms with van der Waals surface area (Å²) in [5, 5.41) is 11.5. The van der Waals surface area contributed by atoms with E-state index in [1.807, 2.05) is 12.1 Å². The normalized spacial score (nSPS) is 16.2. The average Bonchev–Trinajstić information content (AvgIpc) is 2.65. The number of nitrogens with zero attached hydrogens (tertiary/aromatic N) is 2. The van der Waals surface area contributed by atoms with Gasteiger partial charge < -0.3 is 9.30 Å². The number of aromatic nitrogens is 1. The number of benzene rings is 2. The van der Waals surface area contributed by atoms with Crippen molar-refractivity contribution < 1.29 is 14.5 Å². The maximum atomic E-state index is 13.0. The summed E-state index contributed by atoms with van der Waals surface area (Å²) in [7, 11) is 1.67. The SMILES string of the molecule is Cn1c(=O)c2c(c3ccccc31)OC(=O)C[C@H]2c1ccc([N+](=O)[O-])cc1. The van der Waals surface area contributed by atoms with Crippen LogP contribution < -0.4 is 10.3 Å². The Morgan fingerprint density at radius 2 is 1.81 bits per heavy atom. The first kappa shape index (κ1) is 16.0. The molecule has 0 amide bonds. The van der Waals surface area contributed by atoms with Crippen LogP contribution in [-0.2, 0) is 11.8 Å². The number of non-ortho nitro benzene ring substituents is 1. The van der Waals surface area contributed by atoms with Crippen LogP contribution in [0, 0.1) is 10.1 Å². The zero-order valence-electron chi connectivity index (χ0n) is 13.8. The molecule has 7 heteroatoms. The average molecular weight is 350 g/mol. The van der Waals surface area contributed by atoms with Crippen molar-refractivity contribution in [3.8, 4) is 5.75 Å². The number of carbonyl (C=O) groups is 1. The lowest BCUT2D eigenvalue weighted by Crippen LogP contribution is -2.31. The Morgan fingerprint density at radius 1 is 1.12 bits per heavy atom. The number of hydrogen-bond donors (Lipinski definition) is 0. The van der Waals surface area contributed by atoms with Crippen molar-refractivity contribution in [2.45, 2.75) is 12.3 Å². The van der Waals surface area contributed by atoms with Gasteiger partial charge >= 0.3 is 5.97 Å². The maximum absolute atomic E-state index is 13.0. The van der Waals surface area contributed by atoms with E-state index in [0.717, 1.165) is 0 Å². The monoisotopic (exact) mass is 350 g/mol. The van der Waals surface area contributed by atoms with Gasteiger partial charge in [-0.15, -0.1) is 0 Å². The molecule has 26 heavy (non-hydrogen) atoms. The summed E-state index contributed by atoms with van der Waals surface area (Å²) in [4.78, 5) is 35.5. The van der Waals surface area contributed by atoms with Gasteiger partial charge in [0.1, 0.15) is 5.75 Å². The van der Waals surface area contributed by atoms with E-state index in [-0.39, 0.29) is 23.4 Å². The molecule has 0 saturated heterocycles. The van der Waals surface area contributed by atoms with Crippen molar-refractivity contribution in [2.75, 3.05) is 0 Å². The lowest BCUT2D eigenvalue weighted by Gasteiger charge is -2.26. The van der Waals surface area contributed by atoms with Crippen LogP contribution >= 0.6 is 0 Å². The van der Waals surface area contributed by atoms with Gasteiger partial charge in [-0.25, -0.2) is 0 Å². The second-order valence-corrected chi connectivity index (χ2v) is 6.20. The molecule has 2 aromatic carbocycles. The summed E-state index contributed by atoms with van der Waals surface area (Å²) in [5.74, 6) is -0.655. The summed E-state index contributed by atoms with van der Waals surface area (Å²) in [6.45, 7) is 0. The standard InChI is InChI=1S/C19H14N2O5/c1-20-15-5-3-2-4-13(15)18-17(19(20)23)14(10-16(22)26-18)11-6-8-12(9-7-11)21(24)25/h2-9,14H,10H2,1H3/t14-/m0/s1. The van der Waals surface area contributed by atoms with Crippen molar-refractivity contribution >= 4 is 22.6 Å². The summed E-state index contributed by atoms with van der Waals surface area (Å²) in [6.07, 6.45) is 0.0123. The van der Waals surface area contributed by atoms with Gasteiger partial charge in [-0.3, -0.25) is 19.7 Å². The molecule has 3 aromatic rings. The minimum atomic E-state index is -0.504. The van der Waals surface area contributed by atoms with E-state index < -0.39 is 16.8 Å². The smallest absolute Gasteiger partial charge is 0.312 e. The number of nitro groups is 1. The Hall–Kier alpha value is -3.48. The molecule has 2 heterocycles. The highest BCUT2D eigenvalue weighted by atomic mass is 16.6. The Morgan fingerprint density at radius 3 is 2.50 bits per heavy atom. The fraction of sp³-hybridized carbons (Fsp3) is 0.158. The molecular formula is C19H14N2O5. The van der Waals surface area contributed by atoms with E-state index in [1.165, 1.54) is 16.7 Å². The van der Waals surface area contributed by atoms with Crippen LogP contribution in [-0.4, -0.2) is 15.5 Å². The first-order valence-corrected chi connectivity index (χ1v) is 8.04. The van der Waals surface area contributed by atoms with Gasteiger partial charge in [-0.05, 0) is 17.7 Å². The molecule has 0 bridgehead atoms. The topological polar surface area (TPSA) is 91.4 Å². The van der Waals surface area contributed by atoms with Gasteiger partial charge in [-0.2, -0.15) is 0 Å². The number of pyridine rings is 1. The molecule has 0 radical (unpaired) electrons. The Balaban J connectivity index is 1.97. The third-order valence-electron chi connectivity index (χ3n) is 4.73. The predicted molar refractivity (Wildman–Crippen MR) is 94.4 cm³/mol. The van der Waals surface area contributed by atoms with Crippen LogP contribution in [0.3, 0.4) is 0 Å². The Kier molecular flexibility index (Phi) is 3.57. The number of carbonyl (C=O) groups excluding carboxylic acids is 1. The molecule has 0 saturated carbocycles. The molecule has 0 spiro atoms. The van der Waals surface area contributed by atoms with Crippen molar-refractivity contribution in [3.63, 3.8) is 0 Å². The van der Waals surface area contributed by atoms with E-state index >= 15 is 0 Å². The molecule has 1 aromatic heterocycles. The predicted octanol–water partition coefficient (Wildman–Crippen LogP) is 2.89. The number of hydrogen-bond acceptors (Lipinski definition) is 5.